The zero-order valence-electron chi connectivity index (χ0n) is 12.5. The maximum absolute atomic E-state index is 12.0. The number of hydrogen-bond acceptors (Lipinski definition) is 3. The first-order chi connectivity index (χ1) is 8.73. The van der Waals surface area contributed by atoms with Gasteiger partial charge in [0.1, 0.15) is 11.4 Å². The van der Waals surface area contributed by atoms with Gasteiger partial charge >= 0.3 is 0 Å². The summed E-state index contributed by atoms with van der Waals surface area (Å²) in [4.78, 5) is 25.6. The monoisotopic (exact) mass is 291 g/mol. The second-order valence-corrected chi connectivity index (χ2v) is 6.06. The molecule has 0 heterocycles. The number of nitrogens with zero attached hydrogens (tertiary/aromatic N) is 1. The van der Waals surface area contributed by atoms with Crippen LogP contribution in [0.3, 0.4) is 0 Å². The molecule has 0 aromatic carbocycles. The minimum absolute atomic E-state index is 0.152. The molecule has 5 nitrogen and oxygen atoms in total. The summed E-state index contributed by atoms with van der Waals surface area (Å²) in [6, 6.07) is -0.518. The average Bonchev–Trinajstić information content (AvgIpc) is 2.26. The van der Waals surface area contributed by atoms with E-state index in [1.54, 1.807) is 6.92 Å². The standard InChI is InChI=1S/C13H26ClN3O2/c1-9(2)8-11(16-12(18)10(3)14)13(19)15-6-7-17(4)5/h9-11H,6-8H2,1-5H3,(H,15,19)(H,16,18)/t10?,11-/m0/s1. The molecule has 0 aliphatic rings. The van der Waals surface area contributed by atoms with Crippen molar-refractivity contribution in [1.82, 2.24) is 15.5 Å². The summed E-state index contributed by atoms with van der Waals surface area (Å²) < 4.78 is 0. The molecule has 0 spiro atoms. The SMILES string of the molecule is CC(C)C[C@H](NC(=O)C(C)Cl)C(=O)NCCN(C)C. The Hall–Kier alpha value is -0.810. The highest BCUT2D eigenvalue weighted by molar-refractivity contribution is 6.30. The molecule has 0 aliphatic carbocycles. The fourth-order valence-corrected chi connectivity index (χ4v) is 1.58. The van der Waals surface area contributed by atoms with Crippen LogP contribution in [-0.4, -0.2) is 55.3 Å². The molecule has 0 rings (SSSR count). The van der Waals surface area contributed by atoms with Gasteiger partial charge in [-0.1, -0.05) is 13.8 Å². The van der Waals surface area contributed by atoms with Gasteiger partial charge in [0.15, 0.2) is 0 Å². The third-order valence-corrected chi connectivity index (χ3v) is 2.76. The smallest absolute Gasteiger partial charge is 0.242 e. The Morgan fingerprint density at radius 1 is 1.16 bits per heavy atom. The Labute approximate surface area is 121 Å². The Morgan fingerprint density at radius 2 is 1.74 bits per heavy atom. The molecule has 6 heteroatoms. The Bertz CT molecular complexity index is 294. The normalized spacial score (nSPS) is 14.3. The van der Waals surface area contributed by atoms with Crippen LogP contribution < -0.4 is 10.6 Å². The molecule has 2 atom stereocenters. The van der Waals surface area contributed by atoms with Gasteiger partial charge < -0.3 is 15.5 Å². The van der Waals surface area contributed by atoms with E-state index in [1.165, 1.54) is 0 Å². The van der Waals surface area contributed by atoms with E-state index in [9.17, 15) is 9.59 Å². The number of likely N-dealkylation sites (N-methyl/N-ethyl adjacent to an activating group) is 1. The molecule has 0 radical (unpaired) electrons. The lowest BCUT2D eigenvalue weighted by Gasteiger charge is -2.21. The van der Waals surface area contributed by atoms with Crippen molar-refractivity contribution >= 4 is 23.4 Å². The average molecular weight is 292 g/mol. The minimum Gasteiger partial charge on any atom is -0.353 e. The summed E-state index contributed by atoms with van der Waals surface area (Å²) >= 11 is 5.71. The summed E-state index contributed by atoms with van der Waals surface area (Å²) in [6.45, 7) is 6.94. The quantitative estimate of drug-likeness (QED) is 0.651. The highest BCUT2D eigenvalue weighted by atomic mass is 35.5. The van der Waals surface area contributed by atoms with Crippen molar-refractivity contribution in [2.24, 2.45) is 5.92 Å². The van der Waals surface area contributed by atoms with Crippen LogP contribution in [0.1, 0.15) is 27.2 Å². The van der Waals surface area contributed by atoms with Gasteiger partial charge in [-0.25, -0.2) is 0 Å². The molecule has 0 saturated carbocycles. The number of carbonyl (C=O) groups excluding carboxylic acids is 2. The predicted octanol–water partition coefficient (Wildman–Crippen LogP) is 0.822. The zero-order chi connectivity index (χ0) is 15.0. The number of carbonyl (C=O) groups is 2. The van der Waals surface area contributed by atoms with E-state index in [0.29, 0.717) is 18.9 Å². The number of alkyl halides is 1. The molecule has 112 valence electrons. The van der Waals surface area contributed by atoms with Crippen LogP contribution in [-0.2, 0) is 9.59 Å². The summed E-state index contributed by atoms with van der Waals surface area (Å²) in [7, 11) is 3.88. The van der Waals surface area contributed by atoms with E-state index in [0.717, 1.165) is 6.54 Å². The first-order valence-corrected chi connectivity index (χ1v) is 7.04. The lowest BCUT2D eigenvalue weighted by Crippen LogP contribution is -2.50. The molecular weight excluding hydrogens is 266 g/mol. The number of rotatable bonds is 8. The van der Waals surface area contributed by atoms with Gasteiger partial charge in [0.2, 0.25) is 11.8 Å². The molecule has 0 bridgehead atoms. The largest absolute Gasteiger partial charge is 0.353 e. The number of halogens is 1. The van der Waals surface area contributed by atoms with Crippen molar-refractivity contribution in [3.8, 4) is 0 Å². The maximum atomic E-state index is 12.0. The lowest BCUT2D eigenvalue weighted by atomic mass is 10.0. The minimum atomic E-state index is -0.635. The van der Waals surface area contributed by atoms with E-state index in [4.69, 9.17) is 11.6 Å². The maximum Gasteiger partial charge on any atom is 0.242 e. The zero-order valence-corrected chi connectivity index (χ0v) is 13.3. The van der Waals surface area contributed by atoms with Gasteiger partial charge in [-0.3, -0.25) is 9.59 Å². The van der Waals surface area contributed by atoms with Gasteiger partial charge in [0.25, 0.3) is 0 Å². The van der Waals surface area contributed by atoms with Gasteiger partial charge in [0, 0.05) is 13.1 Å². The van der Waals surface area contributed by atoms with Crippen molar-refractivity contribution in [2.45, 2.75) is 38.6 Å². The number of hydrogen-bond donors (Lipinski definition) is 2. The van der Waals surface area contributed by atoms with Crippen molar-refractivity contribution in [2.75, 3.05) is 27.2 Å². The van der Waals surface area contributed by atoms with Gasteiger partial charge in [-0.15, -0.1) is 11.6 Å². The van der Waals surface area contributed by atoms with E-state index in [1.807, 2.05) is 32.8 Å². The predicted molar refractivity (Wildman–Crippen MR) is 78.3 cm³/mol. The van der Waals surface area contributed by atoms with Crippen LogP contribution in [0.25, 0.3) is 0 Å². The molecule has 0 aliphatic heterocycles. The van der Waals surface area contributed by atoms with Crippen LogP contribution in [0, 0.1) is 5.92 Å². The molecule has 0 saturated heterocycles. The molecular formula is C13H26ClN3O2. The van der Waals surface area contributed by atoms with Crippen molar-refractivity contribution in [3.63, 3.8) is 0 Å². The van der Waals surface area contributed by atoms with Crippen molar-refractivity contribution in [3.05, 3.63) is 0 Å². The second-order valence-electron chi connectivity index (χ2n) is 5.40. The van der Waals surface area contributed by atoms with Crippen molar-refractivity contribution < 1.29 is 9.59 Å². The van der Waals surface area contributed by atoms with Crippen LogP contribution in [0.2, 0.25) is 0 Å². The second kappa shape index (κ2) is 9.15. The van der Waals surface area contributed by atoms with E-state index in [2.05, 4.69) is 10.6 Å². The third kappa shape index (κ3) is 8.83. The molecule has 2 N–H and O–H groups in total. The van der Waals surface area contributed by atoms with E-state index >= 15 is 0 Å². The fraction of sp³-hybridized carbons (Fsp3) is 0.846. The summed E-state index contributed by atoms with van der Waals surface area (Å²) in [6.07, 6.45) is 0.600. The Morgan fingerprint density at radius 3 is 2.16 bits per heavy atom. The van der Waals surface area contributed by atoms with E-state index < -0.39 is 11.4 Å². The third-order valence-electron chi connectivity index (χ3n) is 2.56. The van der Waals surface area contributed by atoms with Crippen LogP contribution >= 0.6 is 11.6 Å². The Balaban J connectivity index is 4.39. The first kappa shape index (κ1) is 18.2. The highest BCUT2D eigenvalue weighted by Crippen LogP contribution is 2.06. The topological polar surface area (TPSA) is 61.4 Å². The van der Waals surface area contributed by atoms with Crippen LogP contribution in [0.4, 0.5) is 0 Å². The Kier molecular flexibility index (Phi) is 8.76. The van der Waals surface area contributed by atoms with Gasteiger partial charge in [-0.2, -0.15) is 0 Å². The van der Waals surface area contributed by atoms with Crippen LogP contribution in [0.5, 0.6) is 0 Å². The van der Waals surface area contributed by atoms with Gasteiger partial charge in [-0.05, 0) is 33.4 Å². The summed E-state index contributed by atoms with van der Waals surface area (Å²) in [5, 5.41) is 4.88. The highest BCUT2D eigenvalue weighted by Gasteiger charge is 2.23. The van der Waals surface area contributed by atoms with Crippen molar-refractivity contribution in [1.29, 1.82) is 0 Å². The molecule has 1 unspecified atom stereocenters. The number of nitrogens with one attached hydrogen (secondary N) is 2. The molecule has 0 fully saturated rings. The summed E-state index contributed by atoms with van der Waals surface area (Å²) in [5.74, 6) is -0.146. The fourth-order valence-electron chi connectivity index (χ4n) is 1.52. The summed E-state index contributed by atoms with van der Waals surface area (Å²) in [5.41, 5.74) is 0. The van der Waals surface area contributed by atoms with Gasteiger partial charge in [0.05, 0.1) is 0 Å². The van der Waals surface area contributed by atoms with E-state index in [-0.39, 0.29) is 11.8 Å². The number of amides is 2. The van der Waals surface area contributed by atoms with Crippen LogP contribution in [0.15, 0.2) is 0 Å². The lowest BCUT2D eigenvalue weighted by molar-refractivity contribution is -0.129. The molecule has 19 heavy (non-hydrogen) atoms. The molecule has 0 aromatic rings. The first-order valence-electron chi connectivity index (χ1n) is 6.61. The molecule has 0 aromatic heterocycles. The molecule has 2 amide bonds.